The second-order valence-electron chi connectivity index (χ2n) is 13.3. The molecule has 2 aliphatic rings. The fourth-order valence-corrected chi connectivity index (χ4v) is 7.66. The van der Waals surface area contributed by atoms with E-state index in [1.54, 1.807) is 0 Å². The van der Waals surface area contributed by atoms with Crippen molar-refractivity contribution in [2.75, 3.05) is 0 Å². The second kappa shape index (κ2) is 12.3. The molecule has 49 heavy (non-hydrogen) atoms. The molecule has 0 spiro atoms. The van der Waals surface area contributed by atoms with Crippen molar-refractivity contribution >= 4 is 0 Å². The largest absolute Gasteiger partial charge is 0.208 e. The Labute approximate surface area is 286 Å². The summed E-state index contributed by atoms with van der Waals surface area (Å²) >= 11 is 0. The van der Waals surface area contributed by atoms with Gasteiger partial charge >= 0.3 is 0 Å². The molecule has 6 nitrogen and oxygen atoms in total. The lowest BCUT2D eigenvalue weighted by Crippen LogP contribution is -2.19. The average Bonchev–Trinajstić information content (AvgIpc) is 3.82. The Hall–Kier alpha value is -5.88. The van der Waals surface area contributed by atoms with E-state index in [9.17, 15) is 0 Å². The van der Waals surface area contributed by atoms with Crippen LogP contribution >= 0.6 is 0 Å². The number of hydrogen-bond acceptors (Lipinski definition) is 6. The number of benzene rings is 5. The van der Waals surface area contributed by atoms with E-state index in [0.717, 1.165) is 39.3 Å². The fraction of sp³-hybridized carbons (Fsp3) is 0.163. The first-order valence-corrected chi connectivity index (χ1v) is 17.1. The van der Waals surface area contributed by atoms with Crippen molar-refractivity contribution in [3.05, 3.63) is 145 Å². The summed E-state index contributed by atoms with van der Waals surface area (Å²) < 4.78 is 0. The minimum atomic E-state index is 0.360. The van der Waals surface area contributed by atoms with Gasteiger partial charge in [0, 0.05) is 33.4 Å². The molecule has 236 valence electrons. The molecule has 9 rings (SSSR count). The van der Waals surface area contributed by atoms with Crippen LogP contribution in [-0.2, 0) is 5.41 Å². The van der Waals surface area contributed by atoms with Gasteiger partial charge in [0.25, 0.3) is 0 Å². The maximum Gasteiger partial charge on any atom is 0.164 e. The molecular weight excluding hydrogens is 601 g/mol. The Balaban J connectivity index is 1.14. The van der Waals surface area contributed by atoms with Gasteiger partial charge in [0.15, 0.2) is 34.9 Å². The lowest BCUT2D eigenvalue weighted by molar-refractivity contribution is 0.419. The number of rotatable bonds is 7. The van der Waals surface area contributed by atoms with Gasteiger partial charge in [0.05, 0.1) is 0 Å². The van der Waals surface area contributed by atoms with Crippen LogP contribution in [-0.4, -0.2) is 29.9 Å². The van der Waals surface area contributed by atoms with Crippen molar-refractivity contribution in [1.29, 1.82) is 0 Å². The molecule has 0 radical (unpaired) electrons. The topological polar surface area (TPSA) is 77.3 Å². The van der Waals surface area contributed by atoms with Gasteiger partial charge < -0.3 is 0 Å². The van der Waals surface area contributed by atoms with E-state index in [1.807, 2.05) is 109 Å². The molecule has 0 saturated heterocycles. The molecule has 2 aromatic heterocycles. The van der Waals surface area contributed by atoms with Crippen molar-refractivity contribution in [2.24, 2.45) is 5.92 Å². The van der Waals surface area contributed by atoms with Gasteiger partial charge in [-0.25, -0.2) is 29.9 Å². The van der Waals surface area contributed by atoms with Gasteiger partial charge in [-0.3, -0.25) is 0 Å². The Kier molecular flexibility index (Phi) is 7.34. The molecule has 2 fully saturated rings. The van der Waals surface area contributed by atoms with E-state index in [1.165, 1.54) is 37.7 Å². The summed E-state index contributed by atoms with van der Waals surface area (Å²) in [4.78, 5) is 29.8. The summed E-state index contributed by atoms with van der Waals surface area (Å²) in [6, 6.07) is 47.3. The quantitative estimate of drug-likeness (QED) is 0.174. The number of aromatic nitrogens is 6. The summed E-state index contributed by atoms with van der Waals surface area (Å²) in [5.41, 5.74) is 7.33. The Morgan fingerprint density at radius 2 is 0.714 bits per heavy atom. The van der Waals surface area contributed by atoms with Crippen LogP contribution in [0.3, 0.4) is 0 Å². The van der Waals surface area contributed by atoms with E-state index in [2.05, 4.69) is 30.3 Å². The first-order chi connectivity index (χ1) is 24.2. The van der Waals surface area contributed by atoms with E-state index in [0.29, 0.717) is 40.4 Å². The van der Waals surface area contributed by atoms with Crippen LogP contribution in [0.1, 0.15) is 37.7 Å². The molecule has 2 saturated carbocycles. The second-order valence-corrected chi connectivity index (χ2v) is 13.3. The van der Waals surface area contributed by atoms with Crippen molar-refractivity contribution in [3.63, 3.8) is 0 Å². The molecule has 2 aliphatic carbocycles. The van der Waals surface area contributed by atoms with Crippen molar-refractivity contribution in [2.45, 2.75) is 37.5 Å². The van der Waals surface area contributed by atoms with Crippen LogP contribution < -0.4 is 0 Å². The zero-order valence-electron chi connectivity index (χ0n) is 27.1. The molecule has 5 aromatic carbocycles. The van der Waals surface area contributed by atoms with Crippen LogP contribution in [0.4, 0.5) is 0 Å². The summed E-state index contributed by atoms with van der Waals surface area (Å²) in [7, 11) is 0. The van der Waals surface area contributed by atoms with Crippen LogP contribution in [0.2, 0.25) is 0 Å². The lowest BCUT2D eigenvalue weighted by atomic mass is 9.77. The Morgan fingerprint density at radius 1 is 0.367 bits per heavy atom. The lowest BCUT2D eigenvalue weighted by Gasteiger charge is -2.27. The highest BCUT2D eigenvalue weighted by atomic mass is 15.0. The molecule has 2 heterocycles. The maximum atomic E-state index is 5.06. The average molecular weight is 635 g/mol. The molecule has 7 aromatic rings. The van der Waals surface area contributed by atoms with Gasteiger partial charge in [0.1, 0.15) is 0 Å². The molecule has 0 amide bonds. The van der Waals surface area contributed by atoms with Gasteiger partial charge in [-0.15, -0.1) is 0 Å². The zero-order valence-corrected chi connectivity index (χ0v) is 27.1. The normalized spacial score (nSPS) is 18.1. The fourth-order valence-electron chi connectivity index (χ4n) is 7.66. The third-order valence-corrected chi connectivity index (χ3v) is 10.2. The van der Waals surface area contributed by atoms with Crippen LogP contribution in [0, 0.1) is 5.92 Å². The predicted octanol–water partition coefficient (Wildman–Crippen LogP) is 9.89. The summed E-state index contributed by atoms with van der Waals surface area (Å²) in [6.45, 7) is 0. The summed E-state index contributed by atoms with van der Waals surface area (Å²) in [5, 5.41) is 0. The molecule has 0 N–H and O–H groups in total. The molecule has 6 heteroatoms. The van der Waals surface area contributed by atoms with Gasteiger partial charge in [-0.1, -0.05) is 133 Å². The first kappa shape index (κ1) is 29.3. The van der Waals surface area contributed by atoms with Gasteiger partial charge in [0.2, 0.25) is 0 Å². The smallest absolute Gasteiger partial charge is 0.164 e. The van der Waals surface area contributed by atoms with Crippen LogP contribution in [0.15, 0.2) is 140 Å². The van der Waals surface area contributed by atoms with E-state index in [-0.39, 0.29) is 0 Å². The molecule has 0 unspecified atom stereocenters. The number of nitrogens with zero attached hydrogens (tertiary/aromatic N) is 6. The third-order valence-electron chi connectivity index (χ3n) is 10.2. The first-order valence-electron chi connectivity index (χ1n) is 17.1. The minimum absolute atomic E-state index is 0.360. The number of fused-ring (bicyclic) bond motifs is 2. The highest BCUT2D eigenvalue weighted by Gasteiger charge is 2.45. The van der Waals surface area contributed by atoms with E-state index >= 15 is 0 Å². The number of hydrogen-bond donors (Lipinski definition) is 0. The van der Waals surface area contributed by atoms with Crippen LogP contribution in [0.25, 0.3) is 68.3 Å². The van der Waals surface area contributed by atoms with E-state index in [4.69, 9.17) is 29.9 Å². The standard InChI is InChI=1S/C43H34N6/c1-4-11-30(12-5-1)37-44-38(31-13-6-2-7-14-31)47-41(46-37)34-17-10-18-35(27-34)42-48-39(32-15-8-3-9-16-32)45-40(49-42)33-19-21-36(22-20-33)43-25-23-29(28-43)24-26-43/h1-22,27,29H,23-26,28H2. The molecule has 2 bridgehead atoms. The molecule has 0 aliphatic heterocycles. The minimum Gasteiger partial charge on any atom is -0.208 e. The van der Waals surface area contributed by atoms with Crippen LogP contribution in [0.5, 0.6) is 0 Å². The third kappa shape index (κ3) is 5.69. The van der Waals surface area contributed by atoms with Gasteiger partial charge in [-0.2, -0.15) is 0 Å². The van der Waals surface area contributed by atoms with Crippen molar-refractivity contribution in [1.82, 2.24) is 29.9 Å². The Morgan fingerprint density at radius 3 is 1.08 bits per heavy atom. The highest BCUT2D eigenvalue weighted by molar-refractivity contribution is 5.72. The monoisotopic (exact) mass is 634 g/mol. The molecule has 0 atom stereocenters. The van der Waals surface area contributed by atoms with Crippen molar-refractivity contribution in [3.8, 4) is 68.3 Å². The molecular formula is C43H34N6. The summed E-state index contributed by atoms with van der Waals surface area (Å²) in [6.07, 6.45) is 6.68. The maximum absolute atomic E-state index is 5.06. The van der Waals surface area contributed by atoms with E-state index < -0.39 is 0 Å². The SMILES string of the molecule is c1ccc(-c2nc(-c3ccccc3)nc(-c3cccc(-c4nc(-c5ccccc5)nc(-c5ccc(C67CCC(CC6)C7)cc5)n4)c3)n2)cc1. The van der Waals surface area contributed by atoms with Gasteiger partial charge in [-0.05, 0) is 55.1 Å². The Bertz CT molecular complexity index is 2190. The zero-order chi connectivity index (χ0) is 32.6. The highest BCUT2D eigenvalue weighted by Crippen LogP contribution is 2.55. The van der Waals surface area contributed by atoms with Crippen molar-refractivity contribution < 1.29 is 0 Å². The predicted molar refractivity (Wildman–Crippen MR) is 194 cm³/mol. The summed E-state index contributed by atoms with van der Waals surface area (Å²) in [5.74, 6) is 4.64.